The number of imidazole rings is 1. The second-order valence-electron chi connectivity index (χ2n) is 17.1. The minimum absolute atomic E-state index is 0.000787. The number of benzene rings is 2. The van der Waals surface area contributed by atoms with Crippen LogP contribution in [0.2, 0.25) is 0 Å². The average molecular weight is 907 g/mol. The quantitative estimate of drug-likeness (QED) is 0.0826. The Balaban J connectivity index is 1.34. The SMILES string of the molecule is CC(=O)O[C@@H](C)C(=O)N(CC1CN(C(=O)OC(C)(C)C)CC1OC(=O)NCCOCCN1C(=O)C=CC1=O)C(c1nc(-c2cc(F)ccc2F)cn1Cc1ccccc1)C1CCOCC1. The largest absolute Gasteiger partial charge is 0.453 e. The zero-order chi connectivity index (χ0) is 46.8. The van der Waals surface area contributed by atoms with E-state index in [-0.39, 0.29) is 69.7 Å². The van der Waals surface area contributed by atoms with Crippen molar-refractivity contribution in [3.63, 3.8) is 0 Å². The van der Waals surface area contributed by atoms with E-state index < -0.39 is 77.3 Å². The van der Waals surface area contributed by atoms with Crippen molar-refractivity contribution < 1.29 is 61.2 Å². The summed E-state index contributed by atoms with van der Waals surface area (Å²) in [5, 5.41) is 2.63. The van der Waals surface area contributed by atoms with Gasteiger partial charge in [-0.3, -0.25) is 24.1 Å². The molecule has 350 valence electrons. The fraction of sp³-hybridized carbons (Fsp3) is 0.500. The molecule has 0 aliphatic carbocycles. The number of carbonyl (C=O) groups excluding carboxylic acids is 6. The van der Waals surface area contributed by atoms with Crippen LogP contribution in [0.4, 0.5) is 18.4 Å². The van der Waals surface area contributed by atoms with Gasteiger partial charge in [0.2, 0.25) is 0 Å². The molecule has 0 spiro atoms. The molecular weight excluding hydrogens is 851 g/mol. The first-order valence-corrected chi connectivity index (χ1v) is 21.6. The summed E-state index contributed by atoms with van der Waals surface area (Å²) >= 11 is 0. The van der Waals surface area contributed by atoms with Crippen LogP contribution in [0.5, 0.6) is 0 Å². The number of hydrogen-bond acceptors (Lipinski definition) is 12. The Morgan fingerprint density at radius 3 is 2.37 bits per heavy atom. The average Bonchev–Trinajstić information content (AvgIpc) is 3.95. The number of nitrogens with one attached hydrogen (secondary N) is 1. The Morgan fingerprint density at radius 2 is 1.69 bits per heavy atom. The normalized spacial score (nSPS) is 18.7. The van der Waals surface area contributed by atoms with Crippen molar-refractivity contribution in [2.45, 2.75) is 77.9 Å². The second kappa shape index (κ2) is 21.6. The van der Waals surface area contributed by atoms with E-state index in [0.29, 0.717) is 31.9 Å². The number of nitrogens with zero attached hydrogens (tertiary/aromatic N) is 5. The molecule has 0 bridgehead atoms. The van der Waals surface area contributed by atoms with E-state index in [1.54, 1.807) is 31.5 Å². The van der Waals surface area contributed by atoms with Crippen molar-refractivity contribution in [2.75, 3.05) is 59.2 Å². The smallest absolute Gasteiger partial charge is 0.410 e. The summed E-state index contributed by atoms with van der Waals surface area (Å²) in [6, 6.07) is 11.6. The number of alkyl carbamates (subject to hydrolysis) is 1. The van der Waals surface area contributed by atoms with Crippen molar-refractivity contribution in [1.82, 2.24) is 29.6 Å². The molecule has 3 aliphatic rings. The van der Waals surface area contributed by atoms with Gasteiger partial charge in [-0.25, -0.2) is 23.4 Å². The van der Waals surface area contributed by atoms with Crippen LogP contribution in [0.3, 0.4) is 0 Å². The molecule has 0 radical (unpaired) electrons. The Bertz CT molecular complexity index is 2210. The van der Waals surface area contributed by atoms with Crippen LogP contribution in [0, 0.1) is 23.5 Å². The molecule has 3 unspecified atom stereocenters. The van der Waals surface area contributed by atoms with Gasteiger partial charge >= 0.3 is 18.2 Å². The summed E-state index contributed by atoms with van der Waals surface area (Å²) in [4.78, 5) is 86.8. The van der Waals surface area contributed by atoms with Gasteiger partial charge < -0.3 is 43.4 Å². The number of carbonyl (C=O) groups is 6. The molecule has 65 heavy (non-hydrogen) atoms. The summed E-state index contributed by atoms with van der Waals surface area (Å²) in [7, 11) is 0. The first-order valence-electron chi connectivity index (χ1n) is 21.6. The van der Waals surface area contributed by atoms with Gasteiger partial charge in [0.25, 0.3) is 17.7 Å². The minimum Gasteiger partial charge on any atom is -0.453 e. The third-order valence-electron chi connectivity index (χ3n) is 11.1. The fourth-order valence-electron chi connectivity index (χ4n) is 8.10. The van der Waals surface area contributed by atoms with Gasteiger partial charge in [-0.1, -0.05) is 30.3 Å². The van der Waals surface area contributed by atoms with Gasteiger partial charge in [-0.15, -0.1) is 0 Å². The van der Waals surface area contributed by atoms with Crippen molar-refractivity contribution in [3.05, 3.63) is 89.9 Å². The second-order valence-corrected chi connectivity index (χ2v) is 17.1. The van der Waals surface area contributed by atoms with Gasteiger partial charge in [0, 0.05) is 76.1 Å². The molecule has 3 aromatic rings. The molecule has 0 saturated carbocycles. The Morgan fingerprint density at radius 1 is 0.985 bits per heavy atom. The summed E-state index contributed by atoms with van der Waals surface area (Å²) in [6.45, 7) is 8.59. The van der Waals surface area contributed by atoms with Crippen molar-refractivity contribution in [1.29, 1.82) is 0 Å². The number of ether oxygens (including phenoxy) is 5. The zero-order valence-corrected chi connectivity index (χ0v) is 37.2. The molecule has 2 fully saturated rings. The summed E-state index contributed by atoms with van der Waals surface area (Å²) < 4.78 is 60.4. The van der Waals surface area contributed by atoms with Gasteiger partial charge in [0.05, 0.1) is 38.0 Å². The summed E-state index contributed by atoms with van der Waals surface area (Å²) in [5.74, 6) is -4.25. The van der Waals surface area contributed by atoms with E-state index in [0.717, 1.165) is 28.7 Å². The van der Waals surface area contributed by atoms with Crippen LogP contribution in [0.1, 0.15) is 64.9 Å². The maximum atomic E-state index is 15.5. The predicted octanol–water partition coefficient (Wildman–Crippen LogP) is 5.03. The van der Waals surface area contributed by atoms with Crippen LogP contribution in [0.15, 0.2) is 66.9 Å². The molecule has 5 amide bonds. The van der Waals surface area contributed by atoms with Gasteiger partial charge in [-0.05, 0) is 70.2 Å². The van der Waals surface area contributed by atoms with Gasteiger partial charge in [0.15, 0.2) is 6.10 Å². The maximum absolute atomic E-state index is 15.5. The third-order valence-corrected chi connectivity index (χ3v) is 11.1. The summed E-state index contributed by atoms with van der Waals surface area (Å²) in [6.07, 6.45) is 1.13. The van der Waals surface area contributed by atoms with E-state index >= 15 is 4.39 Å². The maximum Gasteiger partial charge on any atom is 0.410 e. The van der Waals surface area contributed by atoms with E-state index in [1.807, 2.05) is 30.3 Å². The van der Waals surface area contributed by atoms with Crippen LogP contribution in [0.25, 0.3) is 11.3 Å². The molecule has 19 heteroatoms. The Labute approximate surface area is 375 Å². The van der Waals surface area contributed by atoms with Crippen LogP contribution in [-0.4, -0.2) is 137 Å². The highest BCUT2D eigenvalue weighted by molar-refractivity contribution is 6.12. The molecule has 4 heterocycles. The lowest BCUT2D eigenvalue weighted by atomic mass is 9.88. The zero-order valence-electron chi connectivity index (χ0n) is 37.2. The Hall–Kier alpha value is -6.21. The number of likely N-dealkylation sites (tertiary alicyclic amines) is 1. The van der Waals surface area contributed by atoms with Crippen LogP contribution in [-0.2, 0) is 49.4 Å². The molecule has 3 aliphatic heterocycles. The van der Waals surface area contributed by atoms with Crippen molar-refractivity contribution in [3.8, 4) is 11.3 Å². The Kier molecular flexibility index (Phi) is 16.1. The number of halogens is 2. The number of rotatable bonds is 17. The molecule has 2 aromatic carbocycles. The number of esters is 1. The van der Waals surface area contributed by atoms with Crippen molar-refractivity contribution >= 4 is 35.9 Å². The minimum atomic E-state index is -1.29. The fourth-order valence-corrected chi connectivity index (χ4v) is 8.10. The molecule has 2 saturated heterocycles. The number of aromatic nitrogens is 2. The van der Waals surface area contributed by atoms with Crippen molar-refractivity contribution in [2.24, 2.45) is 11.8 Å². The monoisotopic (exact) mass is 906 g/mol. The van der Waals surface area contributed by atoms with Gasteiger partial charge in [0.1, 0.15) is 29.2 Å². The van der Waals surface area contributed by atoms with E-state index in [4.69, 9.17) is 28.7 Å². The van der Waals surface area contributed by atoms with Crippen LogP contribution >= 0.6 is 0 Å². The number of hydrogen-bond donors (Lipinski definition) is 1. The van der Waals surface area contributed by atoms with Gasteiger partial charge in [-0.2, -0.15) is 0 Å². The highest BCUT2D eigenvalue weighted by atomic mass is 19.1. The predicted molar refractivity (Wildman–Crippen MR) is 229 cm³/mol. The lowest BCUT2D eigenvalue weighted by Gasteiger charge is -2.41. The van der Waals surface area contributed by atoms with Crippen LogP contribution < -0.4 is 5.32 Å². The number of imide groups is 1. The summed E-state index contributed by atoms with van der Waals surface area (Å²) in [5.41, 5.74) is 0.0352. The standard InChI is InChI=1S/C46H56F2N6O11/c1-29(63-30(2)55)43(58)54(26-33-25-52(45(60)65-46(3,4)5)28-38(33)64-44(59)49-17-21-62-22-18-53-39(56)13-14-40(53)57)41(32-15-19-61-20-16-32)42-50-37(35-23-34(47)11-12-36(35)48)27-51(42)24-31-9-7-6-8-10-31/h6-14,23,27,29,32-33,38,41H,15-22,24-26,28H2,1-5H3,(H,49,59)/t29-,33?,38?,41?/m0/s1. The third kappa shape index (κ3) is 13.0. The van der Waals surface area contributed by atoms with E-state index in [2.05, 4.69) is 5.32 Å². The highest BCUT2D eigenvalue weighted by Crippen LogP contribution is 2.39. The first kappa shape index (κ1) is 48.3. The first-order chi connectivity index (χ1) is 31.0. The number of amides is 5. The molecular formula is C46H56F2N6O11. The molecule has 1 aromatic heterocycles. The molecule has 6 rings (SSSR count). The van der Waals surface area contributed by atoms with E-state index in [9.17, 15) is 33.2 Å². The van der Waals surface area contributed by atoms with E-state index in [1.165, 1.54) is 35.8 Å². The molecule has 17 nitrogen and oxygen atoms in total. The molecule has 4 atom stereocenters. The lowest BCUT2D eigenvalue weighted by molar-refractivity contribution is -0.160. The highest BCUT2D eigenvalue weighted by Gasteiger charge is 2.45. The molecule has 1 N–H and O–H groups in total. The lowest BCUT2D eigenvalue weighted by Crippen LogP contribution is -2.50. The topological polar surface area (TPSA) is 188 Å².